The van der Waals surface area contributed by atoms with Crippen molar-refractivity contribution in [2.24, 2.45) is 0 Å². The first-order valence-corrected chi connectivity index (χ1v) is 12.1. The molecule has 0 saturated heterocycles. The first-order chi connectivity index (χ1) is 17.5. The normalized spacial score (nSPS) is 14.9. The Morgan fingerprint density at radius 1 is 0.944 bits per heavy atom. The molecule has 0 aliphatic carbocycles. The molecule has 0 radical (unpaired) electrons. The molecule has 1 aromatic heterocycles. The van der Waals surface area contributed by atoms with Gasteiger partial charge in [0.15, 0.2) is 5.43 Å². The van der Waals surface area contributed by atoms with Crippen LogP contribution in [0.2, 0.25) is 0 Å². The van der Waals surface area contributed by atoms with Crippen LogP contribution in [0, 0.1) is 13.8 Å². The number of benzene rings is 3. The maximum Gasteiger partial charge on any atom is 0.290 e. The topological polar surface area (TPSA) is 69.0 Å². The number of rotatable bonds is 8. The number of aryl methyl sites for hydroxylation is 2. The van der Waals surface area contributed by atoms with Crippen molar-refractivity contribution >= 4 is 16.9 Å². The van der Waals surface area contributed by atoms with Crippen LogP contribution in [-0.2, 0) is 11.3 Å². The molecule has 1 aliphatic heterocycles. The average Bonchev–Trinajstić information content (AvgIpc) is 3.17. The fourth-order valence-corrected chi connectivity index (χ4v) is 4.75. The highest BCUT2D eigenvalue weighted by molar-refractivity contribution is 5.99. The predicted molar refractivity (Wildman–Crippen MR) is 139 cm³/mol. The summed E-state index contributed by atoms with van der Waals surface area (Å²) >= 11 is 0. The molecule has 2 heterocycles. The Balaban J connectivity index is 1.58. The third-order valence-electron chi connectivity index (χ3n) is 6.75. The van der Waals surface area contributed by atoms with Gasteiger partial charge in [-0.05, 0) is 66.8 Å². The molecule has 36 heavy (non-hydrogen) atoms. The second-order valence-electron chi connectivity index (χ2n) is 9.20. The number of fused-ring (bicyclic) bond motifs is 2. The summed E-state index contributed by atoms with van der Waals surface area (Å²) in [5.74, 6) is 0.512. The molecule has 5 rings (SSSR count). The van der Waals surface area contributed by atoms with Gasteiger partial charge < -0.3 is 18.8 Å². The number of hydrogen-bond donors (Lipinski definition) is 0. The summed E-state index contributed by atoms with van der Waals surface area (Å²) in [6.45, 7) is 5.30. The Morgan fingerprint density at radius 2 is 1.72 bits per heavy atom. The maximum absolute atomic E-state index is 13.8. The first kappa shape index (κ1) is 23.8. The third kappa shape index (κ3) is 4.40. The van der Waals surface area contributed by atoms with E-state index in [2.05, 4.69) is 0 Å². The summed E-state index contributed by atoms with van der Waals surface area (Å²) in [6, 6.07) is 20.7. The van der Waals surface area contributed by atoms with Crippen molar-refractivity contribution in [2.45, 2.75) is 32.9 Å². The van der Waals surface area contributed by atoms with E-state index in [1.54, 1.807) is 12.0 Å². The Labute approximate surface area is 210 Å². The van der Waals surface area contributed by atoms with Gasteiger partial charge in [-0.3, -0.25) is 9.59 Å². The summed E-state index contributed by atoms with van der Waals surface area (Å²) in [6.07, 6.45) is 0.642. The van der Waals surface area contributed by atoms with E-state index in [1.807, 2.05) is 80.6 Å². The van der Waals surface area contributed by atoms with Crippen LogP contribution < -0.4 is 10.2 Å². The Bertz CT molecular complexity index is 1470. The van der Waals surface area contributed by atoms with Crippen LogP contribution >= 0.6 is 0 Å². The van der Waals surface area contributed by atoms with Crippen LogP contribution in [0.3, 0.4) is 0 Å². The highest BCUT2D eigenvalue weighted by Crippen LogP contribution is 2.39. The van der Waals surface area contributed by atoms with Gasteiger partial charge in [0, 0.05) is 20.3 Å². The molecule has 1 atom stereocenters. The zero-order valence-electron chi connectivity index (χ0n) is 20.7. The van der Waals surface area contributed by atoms with Crippen molar-refractivity contribution in [1.82, 2.24) is 4.90 Å². The molecule has 0 spiro atoms. The monoisotopic (exact) mass is 483 g/mol. The zero-order valence-corrected chi connectivity index (χ0v) is 20.7. The Hall–Kier alpha value is -3.90. The Morgan fingerprint density at radius 3 is 2.50 bits per heavy atom. The van der Waals surface area contributed by atoms with Gasteiger partial charge >= 0.3 is 0 Å². The van der Waals surface area contributed by atoms with Crippen molar-refractivity contribution in [3.63, 3.8) is 0 Å². The van der Waals surface area contributed by atoms with Crippen molar-refractivity contribution in [3.05, 3.63) is 111 Å². The molecule has 0 fully saturated rings. The van der Waals surface area contributed by atoms with E-state index >= 15 is 0 Å². The molecule has 0 bridgehead atoms. The van der Waals surface area contributed by atoms with Crippen LogP contribution in [0.1, 0.15) is 50.8 Å². The number of carbonyl (C=O) groups is 1. The molecular weight excluding hydrogens is 454 g/mol. The summed E-state index contributed by atoms with van der Waals surface area (Å²) in [5, 5.41) is 0.491. The molecular formula is C30H29NO5. The number of amides is 1. The summed E-state index contributed by atoms with van der Waals surface area (Å²) in [5.41, 5.74) is 4.53. The zero-order chi connectivity index (χ0) is 25.2. The van der Waals surface area contributed by atoms with Gasteiger partial charge in [-0.25, -0.2) is 0 Å². The molecule has 6 nitrogen and oxygen atoms in total. The average molecular weight is 484 g/mol. The largest absolute Gasteiger partial charge is 0.489 e. The minimum absolute atomic E-state index is 0.119. The highest BCUT2D eigenvalue weighted by atomic mass is 16.5. The van der Waals surface area contributed by atoms with Gasteiger partial charge in [-0.2, -0.15) is 0 Å². The number of hydrogen-bond acceptors (Lipinski definition) is 5. The van der Waals surface area contributed by atoms with E-state index in [0.717, 1.165) is 22.3 Å². The fraction of sp³-hybridized carbons (Fsp3) is 0.267. The predicted octanol–water partition coefficient (Wildman–Crippen LogP) is 5.57. The summed E-state index contributed by atoms with van der Waals surface area (Å²) < 4.78 is 17.4. The van der Waals surface area contributed by atoms with Gasteiger partial charge in [-0.15, -0.1) is 0 Å². The minimum atomic E-state index is -0.563. The highest BCUT2D eigenvalue weighted by Gasteiger charge is 2.42. The maximum atomic E-state index is 13.8. The van der Waals surface area contributed by atoms with Crippen LogP contribution in [0.4, 0.5) is 0 Å². The molecule has 6 heteroatoms. The lowest BCUT2D eigenvalue weighted by Crippen LogP contribution is -2.31. The number of methoxy groups -OCH3 is 1. The molecule has 0 saturated carbocycles. The lowest BCUT2D eigenvalue weighted by molar-refractivity contribution is 0.0707. The standard InChI is InChI=1S/C30H29NO5/c1-19-15-24-25(16-20(19)2)36-29-26(28(24)32)27(31(30(29)33)13-8-14-34-3)22-11-7-12-23(17-22)35-18-21-9-5-4-6-10-21/h4-7,9-12,15-17,27H,8,13-14,18H2,1-3H3. The lowest BCUT2D eigenvalue weighted by Gasteiger charge is -2.25. The molecule has 1 amide bonds. The summed E-state index contributed by atoms with van der Waals surface area (Å²) in [4.78, 5) is 29.0. The van der Waals surface area contributed by atoms with E-state index in [0.29, 0.717) is 48.5 Å². The van der Waals surface area contributed by atoms with E-state index in [4.69, 9.17) is 13.9 Å². The van der Waals surface area contributed by atoms with Crippen molar-refractivity contribution in [1.29, 1.82) is 0 Å². The van der Waals surface area contributed by atoms with E-state index in [9.17, 15) is 9.59 Å². The fourth-order valence-electron chi connectivity index (χ4n) is 4.75. The van der Waals surface area contributed by atoms with E-state index in [1.165, 1.54) is 0 Å². The molecule has 3 aromatic carbocycles. The molecule has 4 aromatic rings. The smallest absolute Gasteiger partial charge is 0.290 e. The minimum Gasteiger partial charge on any atom is -0.489 e. The second-order valence-corrected chi connectivity index (χ2v) is 9.20. The SMILES string of the molecule is COCCCN1C(=O)c2oc3cc(C)c(C)cc3c(=O)c2C1c1cccc(OCc2ccccc2)c1. The van der Waals surface area contributed by atoms with Crippen LogP contribution in [-0.4, -0.2) is 31.1 Å². The lowest BCUT2D eigenvalue weighted by atomic mass is 9.97. The Kier molecular flexibility index (Phi) is 6.61. The van der Waals surface area contributed by atoms with Crippen LogP contribution in [0.5, 0.6) is 5.75 Å². The third-order valence-corrected chi connectivity index (χ3v) is 6.75. The van der Waals surface area contributed by atoms with Gasteiger partial charge in [0.25, 0.3) is 5.91 Å². The van der Waals surface area contributed by atoms with Gasteiger partial charge in [0.1, 0.15) is 17.9 Å². The summed E-state index contributed by atoms with van der Waals surface area (Å²) in [7, 11) is 1.63. The first-order valence-electron chi connectivity index (χ1n) is 12.1. The van der Waals surface area contributed by atoms with Crippen molar-refractivity contribution in [3.8, 4) is 5.75 Å². The van der Waals surface area contributed by atoms with Crippen LogP contribution in [0.25, 0.3) is 11.0 Å². The van der Waals surface area contributed by atoms with Gasteiger partial charge in [0.2, 0.25) is 5.76 Å². The van der Waals surface area contributed by atoms with Crippen molar-refractivity contribution in [2.75, 3.05) is 20.3 Å². The second kappa shape index (κ2) is 9.99. The van der Waals surface area contributed by atoms with Gasteiger partial charge in [0.05, 0.1) is 17.0 Å². The van der Waals surface area contributed by atoms with E-state index in [-0.39, 0.29) is 17.1 Å². The number of ether oxygens (including phenoxy) is 2. The van der Waals surface area contributed by atoms with Crippen molar-refractivity contribution < 1.29 is 18.7 Å². The van der Waals surface area contributed by atoms with Crippen LogP contribution in [0.15, 0.2) is 75.9 Å². The number of carbonyl (C=O) groups excluding carboxylic acids is 1. The number of nitrogens with zero attached hydrogens (tertiary/aromatic N) is 1. The quantitative estimate of drug-likeness (QED) is 0.307. The molecule has 184 valence electrons. The molecule has 1 unspecified atom stereocenters. The molecule has 0 N–H and O–H groups in total. The van der Waals surface area contributed by atoms with E-state index < -0.39 is 6.04 Å². The molecule has 1 aliphatic rings. The van der Waals surface area contributed by atoms with Gasteiger partial charge in [-0.1, -0.05) is 42.5 Å².